The third kappa shape index (κ3) is 6.33. The minimum absolute atomic E-state index is 0.0895. The number of carbonyl (C=O) groups is 1. The minimum Gasteiger partial charge on any atom is -0.497 e. The number of pyridine rings is 2. The Morgan fingerprint density at radius 3 is 2.73 bits per heavy atom. The topological polar surface area (TPSA) is 142 Å². The molecule has 0 aliphatic carbocycles. The Labute approximate surface area is 264 Å². The summed E-state index contributed by atoms with van der Waals surface area (Å²) in [4.78, 5) is 37.0. The Kier molecular flexibility index (Phi) is 8.67. The van der Waals surface area contributed by atoms with Crippen molar-refractivity contribution in [3.8, 4) is 11.6 Å². The van der Waals surface area contributed by atoms with E-state index in [1.54, 1.807) is 43.8 Å². The number of imidazole rings is 1. The molecule has 4 aromatic heterocycles. The van der Waals surface area contributed by atoms with Gasteiger partial charge in [0.1, 0.15) is 11.6 Å². The number of amides is 1. The number of rotatable bonds is 10. The number of aromatic nitrogens is 5. The molecule has 0 saturated heterocycles. The molecule has 0 radical (unpaired) electrons. The molecule has 5 heterocycles. The lowest BCUT2D eigenvalue weighted by molar-refractivity contribution is 0.0814. The van der Waals surface area contributed by atoms with Crippen LogP contribution in [-0.4, -0.2) is 56.4 Å². The number of hydrogen-bond donors (Lipinski definition) is 2. The van der Waals surface area contributed by atoms with Crippen LogP contribution in [0.2, 0.25) is 5.15 Å². The predicted octanol–water partition coefficient (Wildman–Crippen LogP) is 3.81. The van der Waals surface area contributed by atoms with Gasteiger partial charge < -0.3 is 25.4 Å². The van der Waals surface area contributed by atoms with Crippen molar-refractivity contribution in [1.82, 2.24) is 29.5 Å². The minimum atomic E-state index is -0.357. The monoisotopic (exact) mass is 628 g/mol. The van der Waals surface area contributed by atoms with Crippen LogP contribution in [0.25, 0.3) is 11.5 Å². The Hall–Kier alpha value is -4.94. The molecule has 0 saturated carbocycles. The maximum atomic E-state index is 13.4. The van der Waals surface area contributed by atoms with Gasteiger partial charge in [-0.15, -0.1) is 0 Å². The molecule has 12 nitrogen and oxygen atoms in total. The fraction of sp³-hybridized carbons (Fsp3) is 0.281. The highest BCUT2D eigenvalue weighted by molar-refractivity contribution is 6.30. The molecule has 1 aliphatic heterocycles. The zero-order chi connectivity index (χ0) is 31.5. The van der Waals surface area contributed by atoms with Gasteiger partial charge in [-0.05, 0) is 61.2 Å². The van der Waals surface area contributed by atoms with Crippen LogP contribution in [0, 0.1) is 0 Å². The molecule has 1 aromatic carbocycles. The lowest BCUT2D eigenvalue weighted by atomic mass is 10.0. The van der Waals surface area contributed by atoms with Crippen molar-refractivity contribution in [2.45, 2.75) is 39.0 Å². The summed E-state index contributed by atoms with van der Waals surface area (Å²) in [5.41, 5.74) is 10.2. The third-order valence-corrected chi connectivity index (χ3v) is 7.92. The number of nitrogens with one attached hydrogen (secondary N) is 1. The number of halogens is 1. The van der Waals surface area contributed by atoms with Crippen LogP contribution >= 0.6 is 11.6 Å². The first-order chi connectivity index (χ1) is 21.8. The number of fused-ring (bicyclic) bond motifs is 3. The van der Waals surface area contributed by atoms with Gasteiger partial charge in [0, 0.05) is 37.1 Å². The largest absolute Gasteiger partial charge is 0.497 e. The fourth-order valence-electron chi connectivity index (χ4n) is 5.47. The van der Waals surface area contributed by atoms with Crippen molar-refractivity contribution < 1.29 is 14.3 Å². The normalized spacial score (nSPS) is 13.4. The molecular weight excluding hydrogens is 596 g/mol. The summed E-state index contributed by atoms with van der Waals surface area (Å²) in [5.74, 6) is 0.906. The maximum Gasteiger partial charge on any atom is 0.279 e. The van der Waals surface area contributed by atoms with Crippen LogP contribution in [0.3, 0.4) is 0 Å². The number of nitrogens with two attached hydrogens (primary N) is 1. The van der Waals surface area contributed by atoms with E-state index in [0.717, 1.165) is 42.0 Å². The number of hydrogen-bond acceptors (Lipinski definition) is 9. The zero-order valence-corrected chi connectivity index (χ0v) is 25.7. The van der Waals surface area contributed by atoms with Gasteiger partial charge in [0.05, 0.1) is 37.9 Å². The number of anilines is 2. The molecule has 0 spiro atoms. The summed E-state index contributed by atoms with van der Waals surface area (Å²) in [5, 5.41) is 7.84. The van der Waals surface area contributed by atoms with E-state index in [0.29, 0.717) is 28.7 Å². The molecule has 0 unspecified atom stereocenters. The molecular formula is C32H33ClN8O4. The standard InChI is InChI=1S/C32H33ClN8O4/c1-20(18-45-19-22-14-25(34)32(43)40(17-22)27-7-3-4-12-35-27)37-31(42)26-15-36-30-28-24(29(33)38-41(26)30)6-5-13-39(28)16-21-8-10-23(44-2)11-9-21/h3-4,7-12,14-15,17,20H,5-6,13,16,18-19,34H2,1-2H3,(H,37,42)/t20-/m1/s1. The second-order valence-corrected chi connectivity index (χ2v) is 11.3. The molecule has 3 N–H and O–H groups in total. The zero-order valence-electron chi connectivity index (χ0n) is 24.9. The average Bonchev–Trinajstić information content (AvgIpc) is 3.47. The Bertz CT molecular complexity index is 1890. The van der Waals surface area contributed by atoms with Crippen molar-refractivity contribution in [2.24, 2.45) is 0 Å². The summed E-state index contributed by atoms with van der Waals surface area (Å²) >= 11 is 6.68. The second-order valence-electron chi connectivity index (χ2n) is 10.9. The highest BCUT2D eigenvalue weighted by Crippen LogP contribution is 2.36. The smallest absolute Gasteiger partial charge is 0.279 e. The average molecular weight is 629 g/mol. The lowest BCUT2D eigenvalue weighted by Crippen LogP contribution is -2.36. The van der Waals surface area contributed by atoms with E-state index in [9.17, 15) is 9.59 Å². The van der Waals surface area contributed by atoms with Gasteiger partial charge in [0.25, 0.3) is 11.5 Å². The quantitative estimate of drug-likeness (QED) is 0.236. The van der Waals surface area contributed by atoms with Crippen LogP contribution in [0.15, 0.2) is 71.9 Å². The van der Waals surface area contributed by atoms with Gasteiger partial charge >= 0.3 is 0 Å². The predicted molar refractivity (Wildman–Crippen MR) is 171 cm³/mol. The first-order valence-corrected chi connectivity index (χ1v) is 14.9. The molecule has 45 heavy (non-hydrogen) atoms. The molecule has 0 fully saturated rings. The van der Waals surface area contributed by atoms with Crippen molar-refractivity contribution in [2.75, 3.05) is 30.9 Å². The molecule has 1 atom stereocenters. The summed E-state index contributed by atoms with van der Waals surface area (Å²) < 4.78 is 14.1. The summed E-state index contributed by atoms with van der Waals surface area (Å²) in [6.07, 6.45) is 6.49. The van der Waals surface area contributed by atoms with Crippen LogP contribution in [0.5, 0.6) is 5.75 Å². The molecule has 0 bridgehead atoms. The van der Waals surface area contributed by atoms with Crippen molar-refractivity contribution in [1.29, 1.82) is 0 Å². The van der Waals surface area contributed by atoms with Crippen LogP contribution in [-0.2, 0) is 24.3 Å². The highest BCUT2D eigenvalue weighted by Gasteiger charge is 2.27. The van der Waals surface area contributed by atoms with E-state index in [2.05, 4.69) is 25.3 Å². The second kappa shape index (κ2) is 13.0. The molecule has 13 heteroatoms. The van der Waals surface area contributed by atoms with E-state index in [-0.39, 0.29) is 42.1 Å². The fourth-order valence-corrected chi connectivity index (χ4v) is 5.73. The van der Waals surface area contributed by atoms with Crippen molar-refractivity contribution in [3.63, 3.8) is 0 Å². The SMILES string of the molecule is COc1ccc(CN2CCCc3c(Cl)nn4c(C(=O)N[C@H](C)COCc5cc(N)c(=O)n(-c6ccccn6)c5)cnc4c32)cc1. The molecule has 232 valence electrons. The van der Waals surface area contributed by atoms with Gasteiger partial charge in [0.2, 0.25) is 0 Å². The van der Waals surface area contributed by atoms with Crippen molar-refractivity contribution in [3.05, 3.63) is 105 Å². The maximum absolute atomic E-state index is 13.4. The first kappa shape index (κ1) is 30.1. The van der Waals surface area contributed by atoms with Crippen LogP contribution < -0.4 is 26.2 Å². The van der Waals surface area contributed by atoms with E-state index in [1.165, 1.54) is 15.3 Å². The number of carbonyl (C=O) groups excluding carboxylic acids is 1. The van der Waals surface area contributed by atoms with E-state index >= 15 is 0 Å². The highest BCUT2D eigenvalue weighted by atomic mass is 35.5. The van der Waals surface area contributed by atoms with Gasteiger partial charge in [0.15, 0.2) is 16.5 Å². The van der Waals surface area contributed by atoms with Gasteiger partial charge in [-0.1, -0.05) is 29.8 Å². The Morgan fingerprint density at radius 1 is 1.16 bits per heavy atom. The number of benzene rings is 1. The molecule has 1 amide bonds. The molecule has 5 aromatic rings. The number of ether oxygens (including phenoxy) is 2. The molecule has 1 aliphatic rings. The van der Waals surface area contributed by atoms with Gasteiger partial charge in [-0.2, -0.15) is 5.10 Å². The molecule has 6 rings (SSSR count). The van der Waals surface area contributed by atoms with E-state index in [1.807, 2.05) is 31.2 Å². The Morgan fingerprint density at radius 2 is 1.98 bits per heavy atom. The van der Waals surface area contributed by atoms with E-state index in [4.69, 9.17) is 26.8 Å². The van der Waals surface area contributed by atoms with Crippen LogP contribution in [0.1, 0.15) is 40.5 Å². The lowest BCUT2D eigenvalue weighted by Gasteiger charge is -2.31. The van der Waals surface area contributed by atoms with Crippen molar-refractivity contribution >= 4 is 34.5 Å². The van der Waals surface area contributed by atoms with Crippen LogP contribution in [0.4, 0.5) is 11.4 Å². The van der Waals surface area contributed by atoms with Gasteiger partial charge in [-0.25, -0.2) is 14.5 Å². The number of nitrogen functional groups attached to an aromatic ring is 1. The number of methoxy groups -OCH3 is 1. The van der Waals surface area contributed by atoms with Gasteiger partial charge in [-0.3, -0.25) is 14.2 Å². The van der Waals surface area contributed by atoms with E-state index < -0.39 is 0 Å². The summed E-state index contributed by atoms with van der Waals surface area (Å²) in [7, 11) is 1.65. The summed E-state index contributed by atoms with van der Waals surface area (Å²) in [6.45, 7) is 3.71. The Balaban J connectivity index is 1.14. The number of nitrogens with zero attached hydrogens (tertiary/aromatic N) is 6. The summed E-state index contributed by atoms with van der Waals surface area (Å²) in [6, 6.07) is 14.5. The first-order valence-electron chi connectivity index (χ1n) is 14.6. The third-order valence-electron chi connectivity index (χ3n) is 7.62.